The Hall–Kier alpha value is -2.34. The van der Waals surface area contributed by atoms with Crippen molar-refractivity contribution in [2.45, 2.75) is 13.8 Å². The van der Waals surface area contributed by atoms with Gasteiger partial charge in [0.25, 0.3) is 5.91 Å². The Morgan fingerprint density at radius 3 is 2.14 bits per heavy atom. The highest BCUT2D eigenvalue weighted by atomic mass is 32.2. The number of nitrogens with one attached hydrogen (secondary N) is 2. The van der Waals surface area contributed by atoms with E-state index >= 15 is 0 Å². The van der Waals surface area contributed by atoms with E-state index in [0.717, 1.165) is 17.4 Å². The number of anilines is 2. The molecule has 116 valence electrons. The van der Waals surface area contributed by atoms with E-state index in [2.05, 4.69) is 10.0 Å². The van der Waals surface area contributed by atoms with Crippen LogP contribution in [0.15, 0.2) is 42.5 Å². The van der Waals surface area contributed by atoms with E-state index < -0.39 is 10.0 Å². The van der Waals surface area contributed by atoms with Crippen LogP contribution in [0, 0.1) is 13.8 Å². The van der Waals surface area contributed by atoms with Gasteiger partial charge in [-0.05, 0) is 49.7 Å². The molecule has 2 rings (SSSR count). The summed E-state index contributed by atoms with van der Waals surface area (Å²) >= 11 is 0. The van der Waals surface area contributed by atoms with Gasteiger partial charge in [-0.3, -0.25) is 9.52 Å². The average molecular weight is 318 g/mol. The van der Waals surface area contributed by atoms with Gasteiger partial charge in [-0.15, -0.1) is 0 Å². The third kappa shape index (κ3) is 4.33. The molecule has 2 aromatic carbocycles. The number of amides is 1. The number of aryl methyl sites for hydroxylation is 2. The van der Waals surface area contributed by atoms with Crippen LogP contribution >= 0.6 is 0 Å². The lowest BCUT2D eigenvalue weighted by Gasteiger charge is -2.09. The monoisotopic (exact) mass is 318 g/mol. The number of benzene rings is 2. The van der Waals surface area contributed by atoms with Crippen LogP contribution in [0.4, 0.5) is 11.4 Å². The molecule has 0 saturated carbocycles. The predicted octanol–water partition coefficient (Wildman–Crippen LogP) is 2.93. The van der Waals surface area contributed by atoms with Crippen LogP contribution < -0.4 is 10.0 Å². The summed E-state index contributed by atoms with van der Waals surface area (Å²) in [7, 11) is -3.30. The van der Waals surface area contributed by atoms with E-state index in [1.54, 1.807) is 24.3 Å². The number of rotatable bonds is 4. The summed E-state index contributed by atoms with van der Waals surface area (Å²) in [5.41, 5.74) is 3.59. The van der Waals surface area contributed by atoms with Gasteiger partial charge in [0, 0.05) is 16.9 Å². The van der Waals surface area contributed by atoms with Crippen LogP contribution in [0.1, 0.15) is 21.5 Å². The van der Waals surface area contributed by atoms with Crippen LogP contribution in [0.3, 0.4) is 0 Å². The van der Waals surface area contributed by atoms with E-state index in [0.29, 0.717) is 16.9 Å². The SMILES string of the molecule is Cc1ccc(C)c(C(=O)Nc2ccc(NS(C)(=O)=O)cc2)c1. The maximum Gasteiger partial charge on any atom is 0.255 e. The number of hydrogen-bond donors (Lipinski definition) is 2. The Kier molecular flexibility index (Phi) is 4.51. The van der Waals surface area contributed by atoms with E-state index in [1.807, 2.05) is 32.0 Å². The quantitative estimate of drug-likeness (QED) is 0.910. The zero-order valence-electron chi connectivity index (χ0n) is 12.7. The van der Waals surface area contributed by atoms with Gasteiger partial charge in [0.1, 0.15) is 0 Å². The summed E-state index contributed by atoms with van der Waals surface area (Å²) in [5.74, 6) is -0.190. The van der Waals surface area contributed by atoms with Crippen molar-refractivity contribution < 1.29 is 13.2 Å². The molecule has 0 aromatic heterocycles. The van der Waals surface area contributed by atoms with Gasteiger partial charge in [-0.2, -0.15) is 0 Å². The molecule has 0 unspecified atom stereocenters. The van der Waals surface area contributed by atoms with Gasteiger partial charge in [0.2, 0.25) is 10.0 Å². The molecule has 2 aromatic rings. The van der Waals surface area contributed by atoms with Crippen molar-refractivity contribution in [2.75, 3.05) is 16.3 Å². The molecule has 0 fully saturated rings. The van der Waals surface area contributed by atoms with E-state index in [9.17, 15) is 13.2 Å². The second kappa shape index (κ2) is 6.19. The van der Waals surface area contributed by atoms with E-state index in [1.165, 1.54) is 0 Å². The maximum atomic E-state index is 12.3. The van der Waals surface area contributed by atoms with Gasteiger partial charge in [-0.1, -0.05) is 17.7 Å². The zero-order valence-corrected chi connectivity index (χ0v) is 13.5. The smallest absolute Gasteiger partial charge is 0.255 e. The summed E-state index contributed by atoms with van der Waals surface area (Å²) in [5, 5.41) is 2.80. The van der Waals surface area contributed by atoms with Crippen molar-refractivity contribution in [2.24, 2.45) is 0 Å². The topological polar surface area (TPSA) is 75.3 Å². The molecule has 0 aliphatic rings. The number of carbonyl (C=O) groups is 1. The average Bonchev–Trinajstić information content (AvgIpc) is 2.42. The zero-order chi connectivity index (χ0) is 16.3. The molecule has 0 aliphatic carbocycles. The Morgan fingerprint density at radius 2 is 1.55 bits per heavy atom. The normalized spacial score (nSPS) is 11.0. The lowest BCUT2D eigenvalue weighted by Crippen LogP contribution is -2.14. The molecule has 0 aliphatic heterocycles. The highest BCUT2D eigenvalue weighted by molar-refractivity contribution is 7.92. The van der Waals surface area contributed by atoms with Crippen molar-refractivity contribution in [3.05, 3.63) is 59.2 Å². The van der Waals surface area contributed by atoms with Gasteiger partial charge in [0.15, 0.2) is 0 Å². The summed E-state index contributed by atoms with van der Waals surface area (Å²) in [6.07, 6.45) is 1.09. The first kappa shape index (κ1) is 16.0. The summed E-state index contributed by atoms with van der Waals surface area (Å²) < 4.78 is 24.6. The van der Waals surface area contributed by atoms with Gasteiger partial charge in [-0.25, -0.2) is 8.42 Å². The van der Waals surface area contributed by atoms with Crippen molar-refractivity contribution in [1.29, 1.82) is 0 Å². The van der Waals surface area contributed by atoms with Crippen LogP contribution in [-0.2, 0) is 10.0 Å². The molecule has 0 bridgehead atoms. The third-order valence-electron chi connectivity index (χ3n) is 3.08. The number of carbonyl (C=O) groups excluding carboxylic acids is 1. The first-order chi connectivity index (χ1) is 10.2. The molecule has 22 heavy (non-hydrogen) atoms. The van der Waals surface area contributed by atoms with Crippen LogP contribution in [0.2, 0.25) is 0 Å². The van der Waals surface area contributed by atoms with Gasteiger partial charge < -0.3 is 5.32 Å². The van der Waals surface area contributed by atoms with Crippen LogP contribution in [0.25, 0.3) is 0 Å². The Labute approximate surface area is 130 Å². The lowest BCUT2D eigenvalue weighted by molar-refractivity contribution is 0.102. The van der Waals surface area contributed by atoms with E-state index in [-0.39, 0.29) is 5.91 Å². The Balaban J connectivity index is 2.14. The molecule has 0 heterocycles. The fourth-order valence-electron chi connectivity index (χ4n) is 2.01. The standard InChI is InChI=1S/C16H18N2O3S/c1-11-4-5-12(2)15(10-11)16(19)17-13-6-8-14(9-7-13)18-22(3,20)21/h4-10,18H,1-3H3,(H,17,19). The van der Waals surface area contributed by atoms with Crippen LogP contribution in [0.5, 0.6) is 0 Å². The second-order valence-corrected chi connectivity index (χ2v) is 6.97. The minimum absolute atomic E-state index is 0.190. The molecule has 0 atom stereocenters. The van der Waals surface area contributed by atoms with Crippen LogP contribution in [-0.4, -0.2) is 20.6 Å². The maximum absolute atomic E-state index is 12.3. The largest absolute Gasteiger partial charge is 0.322 e. The molecular weight excluding hydrogens is 300 g/mol. The van der Waals surface area contributed by atoms with E-state index in [4.69, 9.17) is 0 Å². The molecular formula is C16H18N2O3S. The van der Waals surface area contributed by atoms with Gasteiger partial charge >= 0.3 is 0 Å². The molecule has 0 spiro atoms. The molecule has 6 heteroatoms. The Bertz CT molecular complexity index is 797. The highest BCUT2D eigenvalue weighted by Crippen LogP contribution is 2.17. The second-order valence-electron chi connectivity index (χ2n) is 5.22. The first-order valence-electron chi connectivity index (χ1n) is 6.71. The minimum Gasteiger partial charge on any atom is -0.322 e. The summed E-state index contributed by atoms with van der Waals surface area (Å²) in [6, 6.07) is 12.2. The number of sulfonamides is 1. The molecule has 5 nitrogen and oxygen atoms in total. The summed E-state index contributed by atoms with van der Waals surface area (Å²) in [4.78, 5) is 12.3. The number of hydrogen-bond acceptors (Lipinski definition) is 3. The fraction of sp³-hybridized carbons (Fsp3) is 0.188. The summed E-state index contributed by atoms with van der Waals surface area (Å²) in [6.45, 7) is 3.81. The van der Waals surface area contributed by atoms with Crippen molar-refractivity contribution in [1.82, 2.24) is 0 Å². The lowest BCUT2D eigenvalue weighted by atomic mass is 10.1. The fourth-order valence-corrected chi connectivity index (χ4v) is 2.58. The molecule has 1 amide bonds. The molecule has 0 saturated heterocycles. The molecule has 0 radical (unpaired) electrons. The van der Waals surface area contributed by atoms with Crippen molar-refractivity contribution in [3.8, 4) is 0 Å². The van der Waals surface area contributed by atoms with Crippen molar-refractivity contribution >= 4 is 27.3 Å². The minimum atomic E-state index is -3.30. The predicted molar refractivity (Wildman–Crippen MR) is 88.8 cm³/mol. The first-order valence-corrected chi connectivity index (χ1v) is 8.60. The van der Waals surface area contributed by atoms with Crippen molar-refractivity contribution in [3.63, 3.8) is 0 Å². The highest BCUT2D eigenvalue weighted by Gasteiger charge is 2.10. The molecule has 2 N–H and O–H groups in total. The van der Waals surface area contributed by atoms with Gasteiger partial charge in [0.05, 0.1) is 6.26 Å². The third-order valence-corrected chi connectivity index (χ3v) is 3.69. The Morgan fingerprint density at radius 1 is 0.955 bits per heavy atom.